The number of rotatable bonds is 9. The third-order valence-electron chi connectivity index (χ3n) is 12.5. The zero-order valence-corrected chi connectivity index (χ0v) is 35.6. The van der Waals surface area contributed by atoms with Crippen molar-refractivity contribution in [1.82, 2.24) is 0 Å². The molecule has 0 saturated heterocycles. The molecule has 306 valence electrons. The van der Waals surface area contributed by atoms with Crippen LogP contribution < -0.4 is 9.80 Å². The van der Waals surface area contributed by atoms with E-state index in [0.29, 0.717) is 0 Å². The number of nitrogens with zero attached hydrogens (tertiary/aromatic N) is 2. The molecular weight excluding hydrogens is 789 g/mol. The minimum absolute atomic E-state index is 0.806. The van der Waals surface area contributed by atoms with Crippen LogP contribution in [0.2, 0.25) is 0 Å². The van der Waals surface area contributed by atoms with E-state index >= 15 is 0 Å². The Balaban J connectivity index is 1.11. The molecule has 0 amide bonds. The molecule has 1 heterocycles. The van der Waals surface area contributed by atoms with Gasteiger partial charge in [0.15, 0.2) is 0 Å². The van der Waals surface area contributed by atoms with Crippen LogP contribution in [-0.2, 0) is 0 Å². The summed E-state index contributed by atoms with van der Waals surface area (Å²) in [5.74, 6) is 0. The lowest BCUT2D eigenvalue weighted by Crippen LogP contribution is -2.13. The maximum atomic E-state index is 7.02. The van der Waals surface area contributed by atoms with Gasteiger partial charge in [0.25, 0.3) is 0 Å². The van der Waals surface area contributed by atoms with Gasteiger partial charge in [0.2, 0.25) is 0 Å². The van der Waals surface area contributed by atoms with Crippen LogP contribution in [0.3, 0.4) is 0 Å². The normalized spacial score (nSPS) is 11.4. The Kier molecular flexibility index (Phi) is 9.50. The maximum absolute atomic E-state index is 7.02. The van der Waals surface area contributed by atoms with E-state index in [-0.39, 0.29) is 0 Å². The number of benzene rings is 11. The molecule has 0 aliphatic carbocycles. The molecule has 0 aliphatic rings. The van der Waals surface area contributed by atoms with Crippen molar-refractivity contribution >= 4 is 77.6 Å². The molecule has 0 unspecified atom stereocenters. The van der Waals surface area contributed by atoms with E-state index in [0.717, 1.165) is 72.6 Å². The van der Waals surface area contributed by atoms with Gasteiger partial charge >= 0.3 is 0 Å². The van der Waals surface area contributed by atoms with Crippen molar-refractivity contribution in [3.8, 4) is 33.4 Å². The molecule has 0 radical (unpaired) electrons. The van der Waals surface area contributed by atoms with E-state index in [2.05, 4.69) is 265 Å². The molecule has 12 aromatic rings. The molecule has 0 aliphatic heterocycles. The molecule has 12 rings (SSSR count). The fourth-order valence-corrected chi connectivity index (χ4v) is 9.50. The van der Waals surface area contributed by atoms with Gasteiger partial charge in [-0.1, -0.05) is 176 Å². The van der Waals surface area contributed by atoms with Gasteiger partial charge in [0.1, 0.15) is 11.2 Å². The Labute approximate surface area is 378 Å². The predicted octanol–water partition coefficient (Wildman–Crippen LogP) is 17.8. The third-order valence-corrected chi connectivity index (χ3v) is 12.5. The lowest BCUT2D eigenvalue weighted by molar-refractivity contribution is 0.669. The Bertz CT molecular complexity index is 3670. The average Bonchev–Trinajstić information content (AvgIpc) is 3.74. The van der Waals surface area contributed by atoms with Crippen LogP contribution in [0.15, 0.2) is 259 Å². The SMILES string of the molecule is c1ccc(-c2ccccc2-c2cccc(N(c3ccccc3)c3cc(N(c4ccccc4)c4cccc(-c5ccc6ccccc6c5)c4)cc4oc5cc6ccccc6cc5c34)c2)cc1. The highest BCUT2D eigenvalue weighted by Crippen LogP contribution is 2.49. The first-order chi connectivity index (χ1) is 32.2. The summed E-state index contributed by atoms with van der Waals surface area (Å²) in [6, 6.07) is 91.4. The van der Waals surface area contributed by atoms with E-state index in [4.69, 9.17) is 4.42 Å². The molecule has 65 heavy (non-hydrogen) atoms. The Hall–Kier alpha value is -8.66. The van der Waals surface area contributed by atoms with Crippen LogP contribution in [-0.4, -0.2) is 0 Å². The Morgan fingerprint density at radius 2 is 0.754 bits per heavy atom. The van der Waals surface area contributed by atoms with Gasteiger partial charge < -0.3 is 14.2 Å². The summed E-state index contributed by atoms with van der Waals surface area (Å²) < 4.78 is 7.02. The van der Waals surface area contributed by atoms with E-state index in [9.17, 15) is 0 Å². The number of para-hydroxylation sites is 2. The van der Waals surface area contributed by atoms with E-state index in [1.807, 2.05) is 0 Å². The van der Waals surface area contributed by atoms with Gasteiger partial charge in [-0.05, 0) is 128 Å². The molecule has 1 aromatic heterocycles. The number of fused-ring (bicyclic) bond motifs is 5. The summed E-state index contributed by atoms with van der Waals surface area (Å²) >= 11 is 0. The predicted molar refractivity (Wildman–Crippen MR) is 274 cm³/mol. The van der Waals surface area contributed by atoms with Crippen molar-refractivity contribution in [3.63, 3.8) is 0 Å². The summed E-state index contributed by atoms with van der Waals surface area (Å²) in [5.41, 5.74) is 14.8. The first kappa shape index (κ1) is 38.0. The summed E-state index contributed by atoms with van der Waals surface area (Å²) in [6.07, 6.45) is 0. The van der Waals surface area contributed by atoms with Gasteiger partial charge in [-0.15, -0.1) is 0 Å². The highest BCUT2D eigenvalue weighted by atomic mass is 16.3. The Morgan fingerprint density at radius 3 is 1.46 bits per heavy atom. The van der Waals surface area contributed by atoms with Crippen molar-refractivity contribution < 1.29 is 4.42 Å². The highest BCUT2D eigenvalue weighted by molar-refractivity contribution is 6.17. The second kappa shape index (κ2) is 16.2. The largest absolute Gasteiger partial charge is 0.456 e. The molecule has 0 bridgehead atoms. The highest BCUT2D eigenvalue weighted by Gasteiger charge is 2.25. The number of furan rings is 1. The van der Waals surface area contributed by atoms with Crippen LogP contribution in [0, 0.1) is 0 Å². The van der Waals surface area contributed by atoms with Crippen molar-refractivity contribution in [1.29, 1.82) is 0 Å². The van der Waals surface area contributed by atoms with Gasteiger partial charge in [-0.25, -0.2) is 0 Å². The van der Waals surface area contributed by atoms with Gasteiger partial charge in [-0.2, -0.15) is 0 Å². The number of hydrogen-bond donors (Lipinski definition) is 0. The minimum Gasteiger partial charge on any atom is -0.456 e. The molecular formula is C62H42N2O. The standard InChI is InChI=1S/C62H42N2O/c1-4-19-44(20-5-1)56-32-14-15-33-57(56)50-25-17-31-54(38-50)64(52-28-8-3-9-29-52)59-41-55(42-61-62(59)58-39-47-22-12-13-23-48(47)40-60(58)65-61)63(51-26-6-2-7-27-51)53-30-16-24-46(37-53)49-35-34-43-18-10-11-21-45(43)36-49/h1-42H. The van der Waals surface area contributed by atoms with Gasteiger partial charge in [0.05, 0.1) is 16.8 Å². The zero-order valence-electron chi connectivity index (χ0n) is 35.6. The average molecular weight is 831 g/mol. The third kappa shape index (κ3) is 7.06. The molecule has 0 fully saturated rings. The van der Waals surface area contributed by atoms with Crippen LogP contribution >= 0.6 is 0 Å². The quantitative estimate of drug-likeness (QED) is 0.144. The molecule has 0 spiro atoms. The molecule has 0 N–H and O–H groups in total. The topological polar surface area (TPSA) is 19.6 Å². The van der Waals surface area contributed by atoms with Crippen molar-refractivity contribution in [2.24, 2.45) is 0 Å². The van der Waals surface area contributed by atoms with Crippen LogP contribution in [0.4, 0.5) is 34.1 Å². The van der Waals surface area contributed by atoms with Crippen LogP contribution in [0.5, 0.6) is 0 Å². The number of hydrogen-bond acceptors (Lipinski definition) is 3. The molecule has 0 saturated carbocycles. The lowest BCUT2D eigenvalue weighted by Gasteiger charge is -2.30. The molecule has 3 nitrogen and oxygen atoms in total. The first-order valence-electron chi connectivity index (χ1n) is 22.2. The van der Waals surface area contributed by atoms with Crippen LogP contribution in [0.1, 0.15) is 0 Å². The van der Waals surface area contributed by atoms with E-state index < -0.39 is 0 Å². The zero-order chi connectivity index (χ0) is 43.1. The Morgan fingerprint density at radius 1 is 0.262 bits per heavy atom. The summed E-state index contributed by atoms with van der Waals surface area (Å²) in [6.45, 7) is 0. The fraction of sp³-hybridized carbons (Fsp3) is 0. The van der Waals surface area contributed by atoms with Crippen molar-refractivity contribution in [3.05, 3.63) is 255 Å². The molecule has 3 heteroatoms. The second-order valence-corrected chi connectivity index (χ2v) is 16.6. The van der Waals surface area contributed by atoms with Crippen molar-refractivity contribution in [2.45, 2.75) is 0 Å². The van der Waals surface area contributed by atoms with E-state index in [1.54, 1.807) is 0 Å². The fourth-order valence-electron chi connectivity index (χ4n) is 9.50. The van der Waals surface area contributed by atoms with E-state index in [1.165, 1.54) is 38.4 Å². The van der Waals surface area contributed by atoms with Crippen molar-refractivity contribution in [2.75, 3.05) is 9.80 Å². The molecule has 0 atom stereocenters. The summed E-state index contributed by atoms with van der Waals surface area (Å²) in [7, 11) is 0. The smallest absolute Gasteiger partial charge is 0.139 e. The second-order valence-electron chi connectivity index (χ2n) is 16.6. The monoisotopic (exact) mass is 830 g/mol. The molecule has 11 aromatic carbocycles. The van der Waals surface area contributed by atoms with Crippen LogP contribution in [0.25, 0.3) is 76.9 Å². The summed E-state index contributed by atoms with van der Waals surface area (Å²) in [4.78, 5) is 4.76. The first-order valence-corrected chi connectivity index (χ1v) is 22.2. The summed E-state index contributed by atoms with van der Waals surface area (Å²) in [5, 5.41) is 6.87. The van der Waals surface area contributed by atoms with Gasteiger partial charge in [0, 0.05) is 34.2 Å². The maximum Gasteiger partial charge on any atom is 0.139 e. The lowest BCUT2D eigenvalue weighted by atomic mass is 9.94. The number of anilines is 6. The van der Waals surface area contributed by atoms with Gasteiger partial charge in [-0.3, -0.25) is 0 Å². The minimum atomic E-state index is 0.806.